The van der Waals surface area contributed by atoms with Crippen molar-refractivity contribution in [3.05, 3.63) is 71.3 Å². The molecule has 0 spiro atoms. The Morgan fingerprint density at radius 3 is 2.69 bits per heavy atom. The van der Waals surface area contributed by atoms with Crippen molar-refractivity contribution >= 4 is 23.2 Å². The molecule has 3 rings (SSSR count). The molecule has 1 atom stereocenters. The third kappa shape index (κ3) is 4.68. The van der Waals surface area contributed by atoms with Crippen LogP contribution in [0.15, 0.2) is 55.1 Å². The molecule has 1 unspecified atom stereocenters. The molecule has 134 valence electrons. The molecule has 0 fully saturated rings. The first-order valence-electron chi connectivity index (χ1n) is 8.32. The molecule has 7 heteroatoms. The third-order valence-electron chi connectivity index (χ3n) is 3.99. The summed E-state index contributed by atoms with van der Waals surface area (Å²) in [5.74, 6) is -0.0850. The van der Waals surface area contributed by atoms with Gasteiger partial charge < -0.3 is 10.2 Å². The van der Waals surface area contributed by atoms with E-state index in [1.54, 1.807) is 29.2 Å². The van der Waals surface area contributed by atoms with Crippen molar-refractivity contribution in [2.24, 2.45) is 0 Å². The van der Waals surface area contributed by atoms with E-state index in [-0.39, 0.29) is 5.91 Å². The predicted octanol–water partition coefficient (Wildman–Crippen LogP) is 1.88. The summed E-state index contributed by atoms with van der Waals surface area (Å²) >= 11 is 6.09. The van der Waals surface area contributed by atoms with Gasteiger partial charge in [0.2, 0.25) is 0 Å². The summed E-state index contributed by atoms with van der Waals surface area (Å²) in [7, 11) is 2.00. The Kier molecular flexibility index (Phi) is 5.65. The van der Waals surface area contributed by atoms with Crippen molar-refractivity contribution in [2.75, 3.05) is 18.9 Å². The summed E-state index contributed by atoms with van der Waals surface area (Å²) in [4.78, 5) is 17.5. The Labute approximate surface area is 157 Å². The highest BCUT2D eigenvalue weighted by atomic mass is 35.5. The van der Waals surface area contributed by atoms with E-state index in [9.17, 15) is 4.79 Å². The number of amides is 1. The van der Waals surface area contributed by atoms with Crippen molar-refractivity contribution in [1.29, 1.82) is 0 Å². The maximum atomic E-state index is 12.5. The van der Waals surface area contributed by atoms with E-state index < -0.39 is 0 Å². The maximum absolute atomic E-state index is 12.5. The van der Waals surface area contributed by atoms with Crippen molar-refractivity contribution in [2.45, 2.75) is 13.5 Å². The minimum atomic E-state index is -0.0850. The van der Waals surface area contributed by atoms with E-state index in [1.165, 1.54) is 17.5 Å². The number of hydrogen-bond acceptors (Lipinski definition) is 3. The molecular formula is C19H21ClN5O+. The average molecular weight is 371 g/mol. The molecule has 3 aromatic rings. The van der Waals surface area contributed by atoms with Crippen LogP contribution >= 0.6 is 11.6 Å². The molecule has 2 aromatic carbocycles. The van der Waals surface area contributed by atoms with Gasteiger partial charge in [-0.2, -0.15) is 5.10 Å². The zero-order valence-corrected chi connectivity index (χ0v) is 15.5. The van der Waals surface area contributed by atoms with Gasteiger partial charge in [-0.3, -0.25) is 4.79 Å². The fraction of sp³-hybridized carbons (Fsp3) is 0.211. The maximum Gasteiger partial charge on any atom is 0.279 e. The molecule has 1 amide bonds. The van der Waals surface area contributed by atoms with Gasteiger partial charge in [-0.1, -0.05) is 41.4 Å². The van der Waals surface area contributed by atoms with Crippen LogP contribution in [0.5, 0.6) is 0 Å². The van der Waals surface area contributed by atoms with Crippen LogP contribution in [0, 0.1) is 6.92 Å². The first-order valence-corrected chi connectivity index (χ1v) is 8.70. The molecule has 0 aliphatic rings. The van der Waals surface area contributed by atoms with Crippen LogP contribution < -0.4 is 10.2 Å². The zero-order chi connectivity index (χ0) is 18.5. The summed E-state index contributed by atoms with van der Waals surface area (Å²) in [6.07, 6.45) is 3.02. The molecule has 2 N–H and O–H groups in total. The van der Waals surface area contributed by atoms with E-state index >= 15 is 0 Å². The van der Waals surface area contributed by atoms with Gasteiger partial charge >= 0.3 is 0 Å². The van der Waals surface area contributed by atoms with Gasteiger partial charge in [-0.15, -0.1) is 0 Å². The standard InChI is InChI=1S/C19H20ClN5O/c1-14-3-5-15(6-4-14)10-24(2)11-19(26)23-17-9-16(20)7-8-18(17)25-13-21-12-22-25/h3-9,12-13H,10-11H2,1-2H3,(H,23,26)/p+1. The van der Waals surface area contributed by atoms with Gasteiger partial charge in [0.15, 0.2) is 6.54 Å². The average Bonchev–Trinajstić information content (AvgIpc) is 3.11. The topological polar surface area (TPSA) is 64.2 Å². The van der Waals surface area contributed by atoms with E-state index in [0.29, 0.717) is 17.3 Å². The smallest absolute Gasteiger partial charge is 0.279 e. The van der Waals surface area contributed by atoms with Crippen LogP contribution in [0.1, 0.15) is 11.1 Å². The number of nitrogens with zero attached hydrogens (tertiary/aromatic N) is 3. The fourth-order valence-electron chi connectivity index (χ4n) is 2.73. The number of nitrogens with one attached hydrogen (secondary N) is 2. The molecule has 0 aliphatic carbocycles. The van der Waals surface area contributed by atoms with Gasteiger partial charge in [0.25, 0.3) is 5.91 Å². The van der Waals surface area contributed by atoms with Crippen molar-refractivity contribution in [3.63, 3.8) is 0 Å². The second-order valence-electron chi connectivity index (χ2n) is 6.35. The van der Waals surface area contributed by atoms with Crippen LogP contribution in [-0.4, -0.2) is 34.3 Å². The van der Waals surface area contributed by atoms with Crippen molar-refractivity contribution in [1.82, 2.24) is 14.8 Å². The first-order chi connectivity index (χ1) is 12.5. The van der Waals surface area contributed by atoms with Crippen molar-refractivity contribution < 1.29 is 9.69 Å². The predicted molar refractivity (Wildman–Crippen MR) is 102 cm³/mol. The highest BCUT2D eigenvalue weighted by Crippen LogP contribution is 2.23. The Bertz CT molecular complexity index is 877. The monoisotopic (exact) mass is 370 g/mol. The van der Waals surface area contributed by atoms with Crippen LogP contribution in [0.2, 0.25) is 5.02 Å². The number of halogens is 1. The van der Waals surface area contributed by atoms with Crippen LogP contribution in [0.4, 0.5) is 5.69 Å². The lowest BCUT2D eigenvalue weighted by molar-refractivity contribution is -0.885. The largest absolute Gasteiger partial charge is 0.326 e. The van der Waals surface area contributed by atoms with E-state index in [2.05, 4.69) is 46.6 Å². The molecule has 0 radical (unpaired) electrons. The summed E-state index contributed by atoms with van der Waals surface area (Å²) in [6.45, 7) is 3.18. The molecular weight excluding hydrogens is 350 g/mol. The second kappa shape index (κ2) is 8.12. The van der Waals surface area contributed by atoms with Crippen molar-refractivity contribution in [3.8, 4) is 5.69 Å². The minimum absolute atomic E-state index is 0.0850. The number of aryl methyl sites for hydroxylation is 1. The number of benzene rings is 2. The number of likely N-dealkylation sites (N-methyl/N-ethyl adjacent to an activating group) is 1. The fourth-order valence-corrected chi connectivity index (χ4v) is 2.90. The summed E-state index contributed by atoms with van der Waals surface area (Å²) < 4.78 is 1.59. The van der Waals surface area contributed by atoms with Gasteiger partial charge in [0.1, 0.15) is 19.2 Å². The molecule has 26 heavy (non-hydrogen) atoms. The molecule has 0 saturated heterocycles. The van der Waals surface area contributed by atoms with Gasteiger partial charge in [-0.25, -0.2) is 9.67 Å². The Morgan fingerprint density at radius 1 is 1.23 bits per heavy atom. The number of hydrogen-bond donors (Lipinski definition) is 2. The summed E-state index contributed by atoms with van der Waals surface area (Å²) in [5, 5.41) is 7.59. The number of carbonyl (C=O) groups excluding carboxylic acids is 1. The molecule has 1 aromatic heterocycles. The SMILES string of the molecule is Cc1ccc(C[NH+](C)CC(=O)Nc2cc(Cl)ccc2-n2cncn2)cc1. The van der Waals surface area contributed by atoms with E-state index in [0.717, 1.165) is 17.1 Å². The van der Waals surface area contributed by atoms with E-state index in [1.807, 2.05) is 7.05 Å². The zero-order valence-electron chi connectivity index (χ0n) is 14.7. The van der Waals surface area contributed by atoms with Crippen LogP contribution in [0.25, 0.3) is 5.69 Å². The number of rotatable bonds is 6. The van der Waals surface area contributed by atoms with Gasteiger partial charge in [0.05, 0.1) is 18.4 Å². The lowest BCUT2D eigenvalue weighted by atomic mass is 10.1. The highest BCUT2D eigenvalue weighted by molar-refractivity contribution is 6.31. The van der Waals surface area contributed by atoms with Crippen LogP contribution in [-0.2, 0) is 11.3 Å². The first kappa shape index (κ1) is 18.1. The molecule has 0 saturated carbocycles. The number of anilines is 1. The Balaban J connectivity index is 1.66. The van der Waals surface area contributed by atoms with Gasteiger partial charge in [0, 0.05) is 10.6 Å². The summed E-state index contributed by atoms with van der Waals surface area (Å²) in [5.41, 5.74) is 3.75. The lowest BCUT2D eigenvalue weighted by Gasteiger charge is -2.15. The minimum Gasteiger partial charge on any atom is -0.326 e. The number of aromatic nitrogens is 3. The normalized spacial score (nSPS) is 12.0. The third-order valence-corrected chi connectivity index (χ3v) is 4.22. The summed E-state index contributed by atoms with van der Waals surface area (Å²) in [6, 6.07) is 13.6. The Morgan fingerprint density at radius 2 is 2.00 bits per heavy atom. The second-order valence-corrected chi connectivity index (χ2v) is 6.78. The van der Waals surface area contributed by atoms with Gasteiger partial charge in [-0.05, 0) is 25.1 Å². The molecule has 0 aliphatic heterocycles. The van der Waals surface area contributed by atoms with E-state index in [4.69, 9.17) is 11.6 Å². The number of quaternary nitrogens is 1. The lowest BCUT2D eigenvalue weighted by Crippen LogP contribution is -3.08. The molecule has 6 nitrogen and oxygen atoms in total. The molecule has 1 heterocycles. The quantitative estimate of drug-likeness (QED) is 0.696. The van der Waals surface area contributed by atoms with Crippen LogP contribution in [0.3, 0.4) is 0 Å². The Hall–Kier alpha value is -2.70. The number of carbonyl (C=O) groups is 1. The molecule has 0 bridgehead atoms. The highest BCUT2D eigenvalue weighted by Gasteiger charge is 2.14.